The number of aromatic amines is 2. The summed E-state index contributed by atoms with van der Waals surface area (Å²) in [5.41, 5.74) is 14.1. The summed E-state index contributed by atoms with van der Waals surface area (Å²) in [7, 11) is 0. The number of phenolic OH excluding ortho intramolecular Hbond substituents is 1. The predicted molar refractivity (Wildman–Crippen MR) is 210 cm³/mol. The highest BCUT2D eigenvalue weighted by Crippen LogP contribution is 2.42. The number of hydrogen-bond acceptors (Lipinski definition) is 7. The van der Waals surface area contributed by atoms with Crippen LogP contribution in [0.3, 0.4) is 0 Å². The Bertz CT molecular complexity index is 2410. The molecule has 0 aliphatic carbocycles. The number of hydrogen-bond donors (Lipinski definition) is 4. The highest BCUT2D eigenvalue weighted by molar-refractivity contribution is 5.92. The lowest BCUT2D eigenvalue weighted by molar-refractivity contribution is -0.134. The normalized spacial score (nSPS) is 18.5. The Morgan fingerprint density at radius 3 is 2.31 bits per heavy atom. The number of ether oxygens (including phenoxy) is 1. The number of nitrogens with two attached hydrogens (primary N) is 1. The van der Waals surface area contributed by atoms with Crippen LogP contribution < -0.4 is 10.5 Å². The second-order valence-corrected chi connectivity index (χ2v) is 15.5. The molecule has 0 radical (unpaired) electrons. The van der Waals surface area contributed by atoms with Gasteiger partial charge in [0.1, 0.15) is 23.1 Å². The molecule has 3 atom stereocenters. The number of fused-ring (bicyclic) bond motifs is 5. The van der Waals surface area contributed by atoms with Crippen molar-refractivity contribution in [1.82, 2.24) is 34.3 Å². The quantitative estimate of drug-likeness (QED) is 0.123. The van der Waals surface area contributed by atoms with Crippen LogP contribution in [-0.2, 0) is 22.7 Å². The van der Waals surface area contributed by atoms with Crippen molar-refractivity contribution in [3.8, 4) is 45.3 Å². The molecule has 2 fully saturated rings. The van der Waals surface area contributed by atoms with Crippen LogP contribution in [0.2, 0.25) is 0 Å². The van der Waals surface area contributed by atoms with Crippen LogP contribution in [0.5, 0.6) is 11.5 Å². The van der Waals surface area contributed by atoms with Gasteiger partial charge in [-0.05, 0) is 86.1 Å². The van der Waals surface area contributed by atoms with Crippen molar-refractivity contribution >= 4 is 22.7 Å². The van der Waals surface area contributed by atoms with E-state index >= 15 is 0 Å². The Balaban J connectivity index is 0.913. The summed E-state index contributed by atoms with van der Waals surface area (Å²) in [5.74, 6) is 2.77. The van der Waals surface area contributed by atoms with Gasteiger partial charge in [0, 0.05) is 41.6 Å². The number of aromatic hydroxyl groups is 1. The maximum absolute atomic E-state index is 13.3. The average molecular weight is 739 g/mol. The first-order valence-corrected chi connectivity index (χ1v) is 19.4. The summed E-state index contributed by atoms with van der Waals surface area (Å²) in [6.45, 7) is 5.75. The van der Waals surface area contributed by atoms with Crippen molar-refractivity contribution in [2.24, 2.45) is 11.7 Å². The molecule has 9 rings (SSSR count). The zero-order chi connectivity index (χ0) is 37.8. The fourth-order valence-corrected chi connectivity index (χ4v) is 8.51. The molecule has 0 saturated carbocycles. The maximum Gasteiger partial charge on any atom is 0.240 e. The second-order valence-electron chi connectivity index (χ2n) is 15.5. The molecule has 12 nitrogen and oxygen atoms in total. The first kappa shape index (κ1) is 34.9. The third kappa shape index (κ3) is 6.43. The van der Waals surface area contributed by atoms with Gasteiger partial charge in [0.05, 0.1) is 53.1 Å². The summed E-state index contributed by atoms with van der Waals surface area (Å²) >= 11 is 0. The van der Waals surface area contributed by atoms with E-state index in [2.05, 4.69) is 57.0 Å². The monoisotopic (exact) mass is 738 g/mol. The van der Waals surface area contributed by atoms with Crippen LogP contribution in [0.15, 0.2) is 79.1 Å². The molecule has 3 aliphatic rings. The highest BCUT2D eigenvalue weighted by Gasteiger charge is 2.36. The van der Waals surface area contributed by atoms with E-state index in [0.29, 0.717) is 32.7 Å². The number of carbonyl (C=O) groups excluding carboxylic acids is 2. The number of carbonyl (C=O) groups is 2. The lowest BCUT2D eigenvalue weighted by Crippen LogP contribution is -2.46. The van der Waals surface area contributed by atoms with Crippen molar-refractivity contribution in [1.29, 1.82) is 0 Å². The molecule has 55 heavy (non-hydrogen) atoms. The fourth-order valence-electron chi connectivity index (χ4n) is 8.51. The number of nitrogens with zero attached hydrogens (tertiary/aromatic N) is 5. The number of benzene rings is 3. The van der Waals surface area contributed by atoms with E-state index in [1.807, 2.05) is 42.1 Å². The van der Waals surface area contributed by atoms with E-state index in [0.717, 1.165) is 93.3 Å². The Kier molecular flexibility index (Phi) is 8.92. The molecule has 5 N–H and O–H groups in total. The Hall–Kier alpha value is -5.88. The van der Waals surface area contributed by atoms with E-state index in [1.165, 1.54) is 0 Å². The minimum Gasteiger partial charge on any atom is -0.508 e. The lowest BCUT2D eigenvalue weighted by Gasteiger charge is -2.27. The minimum atomic E-state index is -0.519. The van der Waals surface area contributed by atoms with Crippen LogP contribution in [0.25, 0.3) is 44.7 Å². The van der Waals surface area contributed by atoms with Crippen molar-refractivity contribution in [3.05, 3.63) is 96.3 Å². The third-order valence-corrected chi connectivity index (χ3v) is 11.6. The number of aryl methyl sites for hydroxylation is 1. The largest absolute Gasteiger partial charge is 0.508 e. The van der Waals surface area contributed by atoms with Gasteiger partial charge in [-0.2, -0.15) is 0 Å². The van der Waals surface area contributed by atoms with Gasteiger partial charge in [-0.15, -0.1) is 0 Å². The first-order chi connectivity index (χ1) is 26.7. The number of H-pyrrole nitrogens is 2. The Morgan fingerprint density at radius 2 is 1.58 bits per heavy atom. The lowest BCUT2D eigenvalue weighted by atomic mass is 10.0. The second kappa shape index (κ2) is 14.1. The first-order valence-electron chi connectivity index (χ1n) is 19.4. The van der Waals surface area contributed by atoms with Crippen LogP contribution in [-0.4, -0.2) is 70.4 Å². The number of rotatable bonds is 9. The van der Waals surface area contributed by atoms with E-state index in [1.54, 1.807) is 18.2 Å². The number of phenols is 1. The molecule has 3 aromatic heterocycles. The van der Waals surface area contributed by atoms with Gasteiger partial charge in [0.15, 0.2) is 6.73 Å². The summed E-state index contributed by atoms with van der Waals surface area (Å²) in [5, 5.41) is 10.9. The molecule has 2 amide bonds. The molecule has 2 saturated heterocycles. The minimum absolute atomic E-state index is 0.0163. The number of amides is 2. The molecular formula is C43H46N8O4. The van der Waals surface area contributed by atoms with Crippen molar-refractivity contribution in [3.63, 3.8) is 0 Å². The van der Waals surface area contributed by atoms with E-state index in [9.17, 15) is 14.7 Å². The van der Waals surface area contributed by atoms with Crippen LogP contribution in [0.1, 0.15) is 75.2 Å². The van der Waals surface area contributed by atoms with Crippen molar-refractivity contribution < 1.29 is 19.4 Å². The molecule has 6 heterocycles. The number of aromatic nitrogens is 5. The smallest absolute Gasteiger partial charge is 0.240 e. The van der Waals surface area contributed by atoms with Crippen LogP contribution in [0, 0.1) is 5.92 Å². The SMILES string of the molecule is CC(C)[C@H](N)C(=O)N1CCC[C@H]1c1ncc(-c2ccc3c(c2)OCn2c-3cc3cc(-c4cnc([C@@H]5CCCN5C(=O)CCc5cccc(O)c5)[nH]4)ccc32)[nH]1. The van der Waals surface area contributed by atoms with Crippen LogP contribution in [0.4, 0.5) is 0 Å². The van der Waals surface area contributed by atoms with Gasteiger partial charge in [-0.1, -0.05) is 38.1 Å². The maximum atomic E-state index is 13.3. The van der Waals surface area contributed by atoms with Gasteiger partial charge in [0.25, 0.3) is 0 Å². The molecule has 3 aliphatic heterocycles. The van der Waals surface area contributed by atoms with E-state index < -0.39 is 6.04 Å². The summed E-state index contributed by atoms with van der Waals surface area (Å²) in [4.78, 5) is 46.7. The molecule has 0 bridgehead atoms. The van der Waals surface area contributed by atoms with Gasteiger partial charge in [-0.25, -0.2) is 9.97 Å². The number of nitrogens with one attached hydrogen (secondary N) is 2. The average Bonchev–Trinajstić information content (AvgIpc) is 4.04. The van der Waals surface area contributed by atoms with Gasteiger partial charge < -0.3 is 39.9 Å². The molecule has 0 spiro atoms. The molecule has 12 heteroatoms. The molecule has 282 valence electrons. The standard InChI is InChI=1S/C43H46N8O4/c1-25(2)40(44)43(54)50-17-5-9-36(50)42-46-23-33(48-42)28-11-13-31-37-20-29-19-27(12-14-34(29)51(37)24-55-38(31)21-28)32-22-45-41(47-32)35-8-4-16-49(35)39(53)15-10-26-6-3-7-30(52)18-26/h3,6-7,11-14,18-23,25,35-36,40,52H,4-5,8-10,15-17,24,44H2,1-2H3,(H,45,47)(H,46,48)/t35-,36-,40-/m0/s1. The molecule has 3 aromatic carbocycles. The highest BCUT2D eigenvalue weighted by atomic mass is 16.5. The molecular weight excluding hydrogens is 693 g/mol. The van der Waals surface area contributed by atoms with E-state index in [-0.39, 0.29) is 35.6 Å². The summed E-state index contributed by atoms with van der Waals surface area (Å²) in [6, 6.07) is 21.2. The van der Waals surface area contributed by atoms with E-state index in [4.69, 9.17) is 20.4 Å². The van der Waals surface area contributed by atoms with Gasteiger partial charge >= 0.3 is 0 Å². The number of imidazole rings is 2. The van der Waals surface area contributed by atoms with Gasteiger partial charge in [-0.3, -0.25) is 9.59 Å². The Labute approximate surface area is 319 Å². The molecule has 6 aromatic rings. The zero-order valence-electron chi connectivity index (χ0n) is 31.2. The number of likely N-dealkylation sites (tertiary alicyclic amines) is 2. The predicted octanol–water partition coefficient (Wildman–Crippen LogP) is 7.09. The third-order valence-electron chi connectivity index (χ3n) is 11.6. The molecule has 0 unspecified atom stereocenters. The zero-order valence-corrected chi connectivity index (χ0v) is 31.2. The summed E-state index contributed by atoms with van der Waals surface area (Å²) in [6.07, 6.45) is 8.26. The fraction of sp³-hybridized carbons (Fsp3) is 0.349. The van der Waals surface area contributed by atoms with Crippen molar-refractivity contribution in [2.75, 3.05) is 13.1 Å². The summed E-state index contributed by atoms with van der Waals surface area (Å²) < 4.78 is 8.53. The van der Waals surface area contributed by atoms with Gasteiger partial charge in [0.2, 0.25) is 11.8 Å². The topological polar surface area (TPSA) is 158 Å². The van der Waals surface area contributed by atoms with Crippen LogP contribution >= 0.6 is 0 Å². The van der Waals surface area contributed by atoms with Crippen molar-refractivity contribution in [2.45, 2.75) is 77.2 Å². The Morgan fingerprint density at radius 1 is 0.891 bits per heavy atom.